The molecular formula is C19H24N2O2. The summed E-state index contributed by atoms with van der Waals surface area (Å²) >= 11 is 0. The molecule has 1 aliphatic rings. The lowest BCUT2D eigenvalue weighted by Crippen LogP contribution is -2.39. The van der Waals surface area contributed by atoms with Crippen LogP contribution in [0.5, 0.6) is 0 Å². The van der Waals surface area contributed by atoms with Gasteiger partial charge in [0.15, 0.2) is 0 Å². The van der Waals surface area contributed by atoms with Crippen molar-refractivity contribution in [1.29, 1.82) is 0 Å². The molecule has 0 saturated carbocycles. The lowest BCUT2D eigenvalue weighted by Gasteiger charge is -2.29. The zero-order valence-corrected chi connectivity index (χ0v) is 14.3. The van der Waals surface area contributed by atoms with Crippen LogP contribution < -0.4 is 0 Å². The normalized spacial score (nSPS) is 15.7. The number of H-pyrrole nitrogens is 1. The zero-order valence-electron chi connectivity index (χ0n) is 14.3. The number of rotatable bonds is 1. The van der Waals surface area contributed by atoms with Crippen LogP contribution in [-0.2, 0) is 4.74 Å². The standard InChI is InChI=1S/C19H24N2O2/c1-13-6-5-7-15-16(12-20-17(13)15)14-8-10-21(11-9-14)18(22)23-19(2,3)4/h5-8,12,20H,9-11H2,1-4H3. The average Bonchev–Trinajstić information content (AvgIpc) is 2.91. The van der Waals surface area contributed by atoms with Crippen molar-refractivity contribution >= 4 is 22.6 Å². The number of benzene rings is 1. The Balaban J connectivity index is 1.79. The van der Waals surface area contributed by atoms with E-state index in [0.717, 1.165) is 6.42 Å². The topological polar surface area (TPSA) is 45.3 Å². The van der Waals surface area contributed by atoms with Crippen LogP contribution in [0.2, 0.25) is 0 Å². The van der Waals surface area contributed by atoms with Gasteiger partial charge in [0, 0.05) is 35.8 Å². The number of fused-ring (bicyclic) bond motifs is 1. The van der Waals surface area contributed by atoms with E-state index < -0.39 is 5.60 Å². The molecule has 0 saturated heterocycles. The Labute approximate surface area is 137 Å². The van der Waals surface area contributed by atoms with Crippen LogP contribution in [0.4, 0.5) is 4.79 Å². The molecule has 3 rings (SSSR count). The Morgan fingerprint density at radius 3 is 2.74 bits per heavy atom. The van der Waals surface area contributed by atoms with Gasteiger partial charge in [0.25, 0.3) is 0 Å². The quantitative estimate of drug-likeness (QED) is 0.842. The molecule has 1 amide bonds. The number of ether oxygens (including phenoxy) is 1. The summed E-state index contributed by atoms with van der Waals surface area (Å²) < 4.78 is 5.44. The van der Waals surface area contributed by atoms with Gasteiger partial charge in [0.2, 0.25) is 0 Å². The highest BCUT2D eigenvalue weighted by molar-refractivity contribution is 5.94. The first-order valence-electron chi connectivity index (χ1n) is 8.09. The summed E-state index contributed by atoms with van der Waals surface area (Å²) in [6, 6.07) is 6.35. The van der Waals surface area contributed by atoms with E-state index in [1.54, 1.807) is 4.90 Å². The Kier molecular flexibility index (Phi) is 3.92. The number of aromatic nitrogens is 1. The van der Waals surface area contributed by atoms with E-state index in [1.807, 2.05) is 20.8 Å². The molecule has 0 spiro atoms. The molecule has 23 heavy (non-hydrogen) atoms. The SMILES string of the molecule is Cc1cccc2c(C3=CCN(C(=O)OC(C)(C)C)CC3)c[nH]c12. The maximum Gasteiger partial charge on any atom is 0.410 e. The van der Waals surface area contributed by atoms with Gasteiger partial charge in [-0.25, -0.2) is 4.79 Å². The summed E-state index contributed by atoms with van der Waals surface area (Å²) in [6.45, 7) is 9.09. The molecule has 0 unspecified atom stereocenters. The predicted molar refractivity (Wildman–Crippen MR) is 93.4 cm³/mol. The number of carbonyl (C=O) groups excluding carboxylic acids is 1. The predicted octanol–water partition coefficient (Wildman–Crippen LogP) is 4.50. The Morgan fingerprint density at radius 1 is 1.30 bits per heavy atom. The molecule has 2 heterocycles. The average molecular weight is 312 g/mol. The molecule has 122 valence electrons. The fourth-order valence-corrected chi connectivity index (χ4v) is 2.98. The third kappa shape index (κ3) is 3.26. The number of nitrogens with one attached hydrogen (secondary N) is 1. The molecule has 4 nitrogen and oxygen atoms in total. The van der Waals surface area contributed by atoms with Gasteiger partial charge in [0.05, 0.1) is 0 Å². The molecule has 4 heteroatoms. The second-order valence-electron chi connectivity index (χ2n) is 7.11. The highest BCUT2D eigenvalue weighted by Gasteiger charge is 2.24. The van der Waals surface area contributed by atoms with Crippen LogP contribution >= 0.6 is 0 Å². The van der Waals surface area contributed by atoms with Crippen molar-refractivity contribution in [3.05, 3.63) is 41.6 Å². The van der Waals surface area contributed by atoms with E-state index in [9.17, 15) is 4.79 Å². The first kappa shape index (κ1) is 15.7. The molecule has 0 atom stereocenters. The zero-order chi connectivity index (χ0) is 16.6. The summed E-state index contributed by atoms with van der Waals surface area (Å²) in [5.74, 6) is 0. The second kappa shape index (κ2) is 5.76. The lowest BCUT2D eigenvalue weighted by atomic mass is 9.98. The molecule has 1 aromatic heterocycles. The third-order valence-corrected chi connectivity index (χ3v) is 4.13. The van der Waals surface area contributed by atoms with Crippen molar-refractivity contribution in [3.63, 3.8) is 0 Å². The number of aryl methyl sites for hydroxylation is 1. The van der Waals surface area contributed by atoms with E-state index in [0.29, 0.717) is 13.1 Å². The van der Waals surface area contributed by atoms with Gasteiger partial charge in [0.1, 0.15) is 5.60 Å². The molecule has 0 radical (unpaired) electrons. The number of carbonyl (C=O) groups is 1. The van der Waals surface area contributed by atoms with E-state index in [2.05, 4.69) is 42.4 Å². The maximum absolute atomic E-state index is 12.1. The van der Waals surface area contributed by atoms with Gasteiger partial charge in [-0.05, 0) is 45.3 Å². The van der Waals surface area contributed by atoms with Crippen LogP contribution in [0, 0.1) is 6.92 Å². The van der Waals surface area contributed by atoms with Gasteiger partial charge >= 0.3 is 6.09 Å². The summed E-state index contributed by atoms with van der Waals surface area (Å²) in [5, 5.41) is 1.25. The number of aromatic amines is 1. The van der Waals surface area contributed by atoms with Gasteiger partial charge in [-0.15, -0.1) is 0 Å². The van der Waals surface area contributed by atoms with Crippen LogP contribution in [0.3, 0.4) is 0 Å². The van der Waals surface area contributed by atoms with Gasteiger partial charge < -0.3 is 14.6 Å². The highest BCUT2D eigenvalue weighted by atomic mass is 16.6. The minimum atomic E-state index is -0.449. The Morgan fingerprint density at radius 2 is 2.09 bits per heavy atom. The molecule has 2 aromatic rings. The number of hydrogen-bond acceptors (Lipinski definition) is 2. The highest BCUT2D eigenvalue weighted by Crippen LogP contribution is 2.30. The Hall–Kier alpha value is -2.23. The van der Waals surface area contributed by atoms with E-state index in [4.69, 9.17) is 4.74 Å². The number of para-hydroxylation sites is 1. The van der Waals surface area contributed by atoms with Crippen molar-refractivity contribution in [2.24, 2.45) is 0 Å². The van der Waals surface area contributed by atoms with E-state index in [-0.39, 0.29) is 6.09 Å². The first-order valence-corrected chi connectivity index (χ1v) is 8.09. The molecule has 1 N–H and O–H groups in total. The van der Waals surface area contributed by atoms with Crippen molar-refractivity contribution in [1.82, 2.24) is 9.88 Å². The maximum atomic E-state index is 12.1. The van der Waals surface area contributed by atoms with Gasteiger partial charge in [-0.1, -0.05) is 24.3 Å². The number of nitrogens with zero attached hydrogens (tertiary/aromatic N) is 1. The lowest BCUT2D eigenvalue weighted by molar-refractivity contribution is 0.0270. The van der Waals surface area contributed by atoms with E-state index >= 15 is 0 Å². The monoisotopic (exact) mass is 312 g/mol. The van der Waals surface area contributed by atoms with Crippen molar-refractivity contribution in [2.45, 2.75) is 39.7 Å². The molecule has 1 aromatic carbocycles. The summed E-state index contributed by atoms with van der Waals surface area (Å²) in [7, 11) is 0. The molecule has 0 aliphatic carbocycles. The van der Waals surface area contributed by atoms with Crippen LogP contribution in [0.1, 0.15) is 38.3 Å². The summed E-state index contributed by atoms with van der Waals surface area (Å²) in [5.41, 5.74) is 4.53. The number of hydrogen-bond donors (Lipinski definition) is 1. The van der Waals surface area contributed by atoms with Gasteiger partial charge in [-0.2, -0.15) is 0 Å². The first-order chi connectivity index (χ1) is 10.8. The van der Waals surface area contributed by atoms with Crippen LogP contribution in [0.15, 0.2) is 30.5 Å². The molecule has 0 bridgehead atoms. The van der Waals surface area contributed by atoms with Gasteiger partial charge in [-0.3, -0.25) is 0 Å². The van der Waals surface area contributed by atoms with Crippen LogP contribution in [0.25, 0.3) is 16.5 Å². The van der Waals surface area contributed by atoms with E-state index in [1.165, 1.54) is 27.6 Å². The largest absolute Gasteiger partial charge is 0.444 e. The Bertz CT molecular complexity index is 765. The molecular weight excluding hydrogens is 288 g/mol. The number of amides is 1. The minimum Gasteiger partial charge on any atom is -0.444 e. The second-order valence-corrected chi connectivity index (χ2v) is 7.11. The summed E-state index contributed by atoms with van der Waals surface area (Å²) in [4.78, 5) is 17.3. The van der Waals surface area contributed by atoms with Crippen molar-refractivity contribution < 1.29 is 9.53 Å². The minimum absolute atomic E-state index is 0.234. The third-order valence-electron chi connectivity index (χ3n) is 4.13. The molecule has 0 fully saturated rings. The fourth-order valence-electron chi connectivity index (χ4n) is 2.98. The summed E-state index contributed by atoms with van der Waals surface area (Å²) in [6.07, 6.45) is 4.83. The van der Waals surface area contributed by atoms with Crippen molar-refractivity contribution in [2.75, 3.05) is 13.1 Å². The van der Waals surface area contributed by atoms with Crippen LogP contribution in [-0.4, -0.2) is 34.7 Å². The smallest absolute Gasteiger partial charge is 0.410 e. The molecule has 1 aliphatic heterocycles. The van der Waals surface area contributed by atoms with Crippen molar-refractivity contribution in [3.8, 4) is 0 Å². The fraction of sp³-hybridized carbons (Fsp3) is 0.421.